The molecule has 0 N–H and O–H groups in total. The highest BCUT2D eigenvalue weighted by Gasteiger charge is 1.98. The summed E-state index contributed by atoms with van der Waals surface area (Å²) in [7, 11) is 0. The van der Waals surface area contributed by atoms with E-state index in [0.717, 1.165) is 0 Å². The van der Waals surface area contributed by atoms with Crippen molar-refractivity contribution in [3.05, 3.63) is 114 Å². The van der Waals surface area contributed by atoms with Crippen molar-refractivity contribution in [1.82, 2.24) is 0 Å². The van der Waals surface area contributed by atoms with Gasteiger partial charge in [0.15, 0.2) is 0 Å². The molecule has 0 spiro atoms. The van der Waals surface area contributed by atoms with E-state index in [1.807, 2.05) is 18.2 Å². The molecule has 0 radical (unpaired) electrons. The van der Waals surface area contributed by atoms with Crippen LogP contribution >= 0.6 is 0 Å². The van der Waals surface area contributed by atoms with Crippen molar-refractivity contribution in [3.63, 3.8) is 0 Å². The van der Waals surface area contributed by atoms with Crippen LogP contribution in [0, 0.1) is 0 Å². The van der Waals surface area contributed by atoms with Crippen LogP contribution in [0.25, 0.3) is 17.7 Å². The first-order valence-electron chi connectivity index (χ1n) is 7.47. The van der Waals surface area contributed by atoms with Crippen LogP contribution in [0.2, 0.25) is 0 Å². The van der Waals surface area contributed by atoms with Gasteiger partial charge in [0.2, 0.25) is 0 Å². The van der Waals surface area contributed by atoms with Crippen LogP contribution < -0.4 is 0 Å². The number of benzene rings is 3. The fourth-order valence-corrected chi connectivity index (χ4v) is 2.34. The minimum absolute atomic E-state index is 1.20. The lowest BCUT2D eigenvalue weighted by Gasteiger charge is -2.04. The Morgan fingerprint density at radius 3 is 1.64 bits per heavy atom. The highest BCUT2D eigenvalue weighted by molar-refractivity contribution is 5.90. The first-order valence-corrected chi connectivity index (χ1v) is 7.47. The average Bonchev–Trinajstić information content (AvgIpc) is 2.61. The second-order valence-corrected chi connectivity index (χ2v) is 5.12. The Labute approximate surface area is 132 Å². The van der Waals surface area contributed by atoms with E-state index in [9.17, 15) is 0 Å². The van der Waals surface area contributed by atoms with E-state index in [4.69, 9.17) is 0 Å². The van der Waals surface area contributed by atoms with Crippen LogP contribution in [0.15, 0.2) is 97.1 Å². The lowest BCUT2D eigenvalue weighted by molar-refractivity contribution is 1.61. The minimum Gasteiger partial charge on any atom is -0.0622 e. The van der Waals surface area contributed by atoms with E-state index in [0.29, 0.717) is 0 Å². The van der Waals surface area contributed by atoms with Gasteiger partial charge in [-0.3, -0.25) is 0 Å². The molecule has 0 atom stereocenters. The maximum atomic E-state index is 2.22. The van der Waals surface area contributed by atoms with Crippen LogP contribution in [0.4, 0.5) is 0 Å². The molecule has 0 aliphatic heterocycles. The van der Waals surface area contributed by atoms with E-state index in [1.54, 1.807) is 0 Å². The molecule has 3 aromatic carbocycles. The van der Waals surface area contributed by atoms with Gasteiger partial charge >= 0.3 is 0 Å². The SMILES string of the molecule is C(=C\c1ccccc1)/C(=C\c1ccccc1)c1ccccc1. The molecule has 3 rings (SSSR count). The predicted molar refractivity (Wildman–Crippen MR) is 96.2 cm³/mol. The molecule has 0 aliphatic rings. The second kappa shape index (κ2) is 7.24. The summed E-state index contributed by atoms with van der Waals surface area (Å²) >= 11 is 0. The summed E-state index contributed by atoms with van der Waals surface area (Å²) in [5, 5.41) is 0. The zero-order valence-electron chi connectivity index (χ0n) is 12.4. The topological polar surface area (TPSA) is 0 Å². The summed E-state index contributed by atoms with van der Waals surface area (Å²) in [4.78, 5) is 0. The van der Waals surface area contributed by atoms with Gasteiger partial charge in [0.1, 0.15) is 0 Å². The van der Waals surface area contributed by atoms with Crippen molar-refractivity contribution in [3.8, 4) is 0 Å². The largest absolute Gasteiger partial charge is 0.0622 e. The van der Waals surface area contributed by atoms with Gasteiger partial charge in [0, 0.05) is 0 Å². The smallest absolute Gasteiger partial charge is 0.0178 e. The number of hydrogen-bond acceptors (Lipinski definition) is 0. The highest BCUT2D eigenvalue weighted by atomic mass is 14.0. The predicted octanol–water partition coefficient (Wildman–Crippen LogP) is 5.94. The average molecular weight is 282 g/mol. The molecule has 106 valence electrons. The maximum absolute atomic E-state index is 2.22. The zero-order valence-corrected chi connectivity index (χ0v) is 12.4. The number of rotatable bonds is 4. The molecule has 0 fully saturated rings. The van der Waals surface area contributed by atoms with Crippen LogP contribution in [0.5, 0.6) is 0 Å². The van der Waals surface area contributed by atoms with E-state index in [2.05, 4.69) is 91.0 Å². The summed E-state index contributed by atoms with van der Waals surface area (Å²) in [6.45, 7) is 0. The summed E-state index contributed by atoms with van der Waals surface area (Å²) in [6, 6.07) is 31.3. The Bertz CT molecular complexity index is 751. The maximum Gasteiger partial charge on any atom is -0.0178 e. The third-order valence-corrected chi connectivity index (χ3v) is 3.48. The van der Waals surface area contributed by atoms with Crippen molar-refractivity contribution >= 4 is 17.7 Å². The zero-order chi connectivity index (χ0) is 15.0. The molecule has 0 heteroatoms. The number of allylic oxidation sites excluding steroid dienone is 2. The van der Waals surface area contributed by atoms with Crippen molar-refractivity contribution in [1.29, 1.82) is 0 Å². The Hall–Kier alpha value is -2.86. The van der Waals surface area contributed by atoms with Gasteiger partial charge in [0.25, 0.3) is 0 Å². The van der Waals surface area contributed by atoms with Gasteiger partial charge in [-0.05, 0) is 28.3 Å². The van der Waals surface area contributed by atoms with Gasteiger partial charge in [-0.1, -0.05) is 103 Å². The van der Waals surface area contributed by atoms with Crippen LogP contribution in [-0.4, -0.2) is 0 Å². The third-order valence-electron chi connectivity index (χ3n) is 3.48. The van der Waals surface area contributed by atoms with Gasteiger partial charge in [-0.15, -0.1) is 0 Å². The summed E-state index contributed by atoms with van der Waals surface area (Å²) in [5.74, 6) is 0. The summed E-state index contributed by atoms with van der Waals surface area (Å²) in [5.41, 5.74) is 4.84. The standard InChI is InChI=1S/C22H18/c1-4-10-19(11-5-1)16-17-22(21-14-8-3-9-15-21)18-20-12-6-2-7-13-20/h1-18H/b17-16+,22-18+. The molecule has 0 saturated carbocycles. The Morgan fingerprint density at radius 2 is 1.05 bits per heavy atom. The minimum atomic E-state index is 1.20. The van der Waals surface area contributed by atoms with Gasteiger partial charge in [0.05, 0.1) is 0 Å². The second-order valence-electron chi connectivity index (χ2n) is 5.12. The molecule has 0 bridgehead atoms. The lowest BCUT2D eigenvalue weighted by Crippen LogP contribution is -1.81. The molecule has 3 aromatic rings. The van der Waals surface area contributed by atoms with E-state index in [-0.39, 0.29) is 0 Å². The lowest BCUT2D eigenvalue weighted by atomic mass is 10.0. The van der Waals surface area contributed by atoms with Gasteiger partial charge in [-0.25, -0.2) is 0 Å². The normalized spacial score (nSPS) is 11.7. The van der Waals surface area contributed by atoms with E-state index in [1.165, 1.54) is 22.3 Å². The number of hydrogen-bond donors (Lipinski definition) is 0. The quantitative estimate of drug-likeness (QED) is 0.410. The Balaban J connectivity index is 1.97. The van der Waals surface area contributed by atoms with Crippen LogP contribution in [-0.2, 0) is 0 Å². The van der Waals surface area contributed by atoms with Crippen LogP contribution in [0.1, 0.15) is 16.7 Å². The van der Waals surface area contributed by atoms with Crippen molar-refractivity contribution in [2.24, 2.45) is 0 Å². The van der Waals surface area contributed by atoms with Gasteiger partial charge in [-0.2, -0.15) is 0 Å². The summed E-state index contributed by atoms with van der Waals surface area (Å²) < 4.78 is 0. The summed E-state index contributed by atoms with van der Waals surface area (Å²) in [6.07, 6.45) is 6.55. The molecule has 0 aromatic heterocycles. The first-order chi connectivity index (χ1) is 10.9. The fourth-order valence-electron chi connectivity index (χ4n) is 2.34. The molecular weight excluding hydrogens is 264 g/mol. The molecule has 0 aliphatic carbocycles. The van der Waals surface area contributed by atoms with E-state index < -0.39 is 0 Å². The fraction of sp³-hybridized carbons (Fsp3) is 0. The molecular formula is C22H18. The Kier molecular flexibility index (Phi) is 4.63. The highest BCUT2D eigenvalue weighted by Crippen LogP contribution is 2.20. The third kappa shape index (κ3) is 3.83. The molecule has 0 amide bonds. The van der Waals surface area contributed by atoms with Crippen molar-refractivity contribution in [2.45, 2.75) is 0 Å². The van der Waals surface area contributed by atoms with Crippen molar-refractivity contribution in [2.75, 3.05) is 0 Å². The monoisotopic (exact) mass is 282 g/mol. The van der Waals surface area contributed by atoms with Crippen LogP contribution in [0.3, 0.4) is 0 Å². The van der Waals surface area contributed by atoms with E-state index >= 15 is 0 Å². The Morgan fingerprint density at radius 1 is 0.545 bits per heavy atom. The molecule has 0 unspecified atom stereocenters. The molecule has 22 heavy (non-hydrogen) atoms. The first kappa shape index (κ1) is 14.1. The molecule has 0 heterocycles. The van der Waals surface area contributed by atoms with Crippen molar-refractivity contribution < 1.29 is 0 Å². The molecule has 0 nitrogen and oxygen atoms in total. The molecule has 0 saturated heterocycles. The van der Waals surface area contributed by atoms with Gasteiger partial charge < -0.3 is 0 Å².